The largest absolute Gasteiger partial charge is 0.380 e. The van der Waals surface area contributed by atoms with Gasteiger partial charge in [0.15, 0.2) is 5.96 Å². The van der Waals surface area contributed by atoms with Crippen molar-refractivity contribution in [1.29, 1.82) is 0 Å². The Morgan fingerprint density at radius 2 is 1.96 bits per heavy atom. The smallest absolute Gasteiger partial charge is 0.251 e. The summed E-state index contributed by atoms with van der Waals surface area (Å²) in [6.45, 7) is 7.77. The molecule has 0 saturated carbocycles. The molecule has 0 spiro atoms. The van der Waals surface area contributed by atoms with E-state index in [2.05, 4.69) is 36.9 Å². The van der Waals surface area contributed by atoms with Crippen molar-refractivity contribution in [1.82, 2.24) is 16.0 Å². The molecule has 0 unspecified atom stereocenters. The molecule has 1 amide bonds. The molecule has 0 aliphatic rings. The third-order valence-electron chi connectivity index (χ3n) is 2.84. The summed E-state index contributed by atoms with van der Waals surface area (Å²) in [5, 5.41) is 9.20. The summed E-state index contributed by atoms with van der Waals surface area (Å²) < 4.78 is 6.14. The van der Waals surface area contributed by atoms with Gasteiger partial charge in [-0.3, -0.25) is 9.79 Å². The van der Waals surface area contributed by atoms with Gasteiger partial charge in [0, 0.05) is 36.3 Å². The molecule has 0 fully saturated rings. The third-order valence-corrected chi connectivity index (χ3v) is 3.34. The van der Waals surface area contributed by atoms with Crippen LogP contribution < -0.4 is 16.0 Å². The molecular weight excluding hydrogens is 487 g/mol. The molecule has 136 valence electrons. The summed E-state index contributed by atoms with van der Waals surface area (Å²) >= 11 is 3.36. The van der Waals surface area contributed by atoms with E-state index in [0.717, 1.165) is 17.0 Å². The number of hydrogen-bond donors (Lipinski definition) is 3. The van der Waals surface area contributed by atoms with Crippen LogP contribution in [-0.4, -0.2) is 51.3 Å². The Bertz CT molecular complexity index is 515. The van der Waals surface area contributed by atoms with E-state index in [-0.39, 0.29) is 29.9 Å². The van der Waals surface area contributed by atoms with Gasteiger partial charge in [0.2, 0.25) is 0 Å². The van der Waals surface area contributed by atoms with E-state index in [1.165, 1.54) is 0 Å². The van der Waals surface area contributed by atoms with E-state index in [0.29, 0.717) is 38.4 Å². The van der Waals surface area contributed by atoms with Gasteiger partial charge in [-0.1, -0.05) is 22.0 Å². The molecular formula is C16H26BrIN4O2. The highest BCUT2D eigenvalue weighted by Gasteiger charge is 2.04. The first-order valence-electron chi connectivity index (χ1n) is 7.81. The van der Waals surface area contributed by atoms with Crippen LogP contribution in [0.5, 0.6) is 0 Å². The zero-order valence-electron chi connectivity index (χ0n) is 14.1. The average Bonchev–Trinajstić information content (AvgIpc) is 2.55. The van der Waals surface area contributed by atoms with E-state index in [4.69, 9.17) is 4.74 Å². The molecule has 1 aromatic rings. The maximum Gasteiger partial charge on any atom is 0.251 e. The Morgan fingerprint density at radius 3 is 2.62 bits per heavy atom. The normalized spacial score (nSPS) is 10.7. The molecule has 0 radical (unpaired) electrons. The molecule has 8 heteroatoms. The van der Waals surface area contributed by atoms with Crippen LogP contribution in [0.3, 0.4) is 0 Å². The number of nitrogens with zero attached hydrogens (tertiary/aromatic N) is 1. The predicted molar refractivity (Wildman–Crippen MR) is 112 cm³/mol. The fourth-order valence-electron chi connectivity index (χ4n) is 1.80. The topological polar surface area (TPSA) is 74.8 Å². The maximum absolute atomic E-state index is 12.0. The minimum atomic E-state index is -0.0913. The van der Waals surface area contributed by atoms with Crippen molar-refractivity contribution in [3.8, 4) is 0 Å². The molecule has 1 rings (SSSR count). The molecule has 0 bridgehead atoms. The van der Waals surface area contributed by atoms with Crippen molar-refractivity contribution >= 4 is 51.8 Å². The van der Waals surface area contributed by atoms with Gasteiger partial charge in [0.1, 0.15) is 0 Å². The number of hydrogen-bond acceptors (Lipinski definition) is 3. The Labute approximate surface area is 169 Å². The number of benzene rings is 1. The summed E-state index contributed by atoms with van der Waals surface area (Å²) in [4.78, 5) is 16.4. The van der Waals surface area contributed by atoms with E-state index in [1.807, 2.05) is 26.0 Å². The van der Waals surface area contributed by atoms with E-state index in [9.17, 15) is 4.79 Å². The fourth-order valence-corrected chi connectivity index (χ4v) is 2.20. The van der Waals surface area contributed by atoms with Gasteiger partial charge in [0.25, 0.3) is 5.91 Å². The highest BCUT2D eigenvalue weighted by atomic mass is 127. The van der Waals surface area contributed by atoms with Gasteiger partial charge in [-0.25, -0.2) is 0 Å². The van der Waals surface area contributed by atoms with Gasteiger partial charge >= 0.3 is 0 Å². The summed E-state index contributed by atoms with van der Waals surface area (Å²) in [5.41, 5.74) is 0.636. The van der Waals surface area contributed by atoms with Gasteiger partial charge in [-0.2, -0.15) is 0 Å². The number of carbonyl (C=O) groups is 1. The Kier molecular flexibility index (Phi) is 13.9. The van der Waals surface area contributed by atoms with Crippen LogP contribution in [0.25, 0.3) is 0 Å². The van der Waals surface area contributed by atoms with Gasteiger partial charge in [-0.05, 0) is 32.0 Å². The van der Waals surface area contributed by atoms with Crippen LogP contribution in [-0.2, 0) is 4.74 Å². The highest BCUT2D eigenvalue weighted by molar-refractivity contribution is 14.0. The number of amides is 1. The molecule has 6 nitrogen and oxygen atoms in total. The number of ether oxygens (including phenoxy) is 1. The molecule has 0 atom stereocenters. The highest BCUT2D eigenvalue weighted by Crippen LogP contribution is 2.11. The van der Waals surface area contributed by atoms with Crippen LogP contribution >= 0.6 is 39.9 Å². The summed E-state index contributed by atoms with van der Waals surface area (Å²) in [7, 11) is 0. The van der Waals surface area contributed by atoms with Crippen molar-refractivity contribution in [3.63, 3.8) is 0 Å². The van der Waals surface area contributed by atoms with Crippen LogP contribution in [0.15, 0.2) is 33.7 Å². The first-order chi connectivity index (χ1) is 11.2. The predicted octanol–water partition coefficient (Wildman–Crippen LogP) is 2.39. The number of guanidine groups is 1. The van der Waals surface area contributed by atoms with E-state index >= 15 is 0 Å². The van der Waals surface area contributed by atoms with Crippen molar-refractivity contribution in [2.24, 2.45) is 4.99 Å². The maximum atomic E-state index is 12.0. The first-order valence-corrected chi connectivity index (χ1v) is 8.60. The van der Waals surface area contributed by atoms with Gasteiger partial charge < -0.3 is 20.7 Å². The molecule has 24 heavy (non-hydrogen) atoms. The summed E-state index contributed by atoms with van der Waals surface area (Å²) in [5.74, 6) is 0.635. The second-order valence-electron chi connectivity index (χ2n) is 4.65. The lowest BCUT2D eigenvalue weighted by Gasteiger charge is -2.12. The minimum absolute atomic E-state index is 0. The number of nitrogens with one attached hydrogen (secondary N) is 3. The van der Waals surface area contributed by atoms with Crippen LogP contribution in [0, 0.1) is 0 Å². The SMILES string of the molecule is CCNC(=NCCOCC)NCCNC(=O)c1cccc(Br)c1.I. The Balaban J connectivity index is 0.00000529. The Morgan fingerprint density at radius 1 is 1.21 bits per heavy atom. The number of halogens is 2. The lowest BCUT2D eigenvalue weighted by molar-refractivity contribution is 0.0954. The molecule has 0 heterocycles. The fraction of sp³-hybridized carbons (Fsp3) is 0.500. The monoisotopic (exact) mass is 512 g/mol. The Hall–Kier alpha value is -0.870. The van der Waals surface area contributed by atoms with E-state index < -0.39 is 0 Å². The first kappa shape index (κ1) is 23.1. The second kappa shape index (κ2) is 14.5. The van der Waals surface area contributed by atoms with Gasteiger partial charge in [-0.15, -0.1) is 24.0 Å². The van der Waals surface area contributed by atoms with Crippen molar-refractivity contribution in [2.75, 3.05) is 39.4 Å². The number of aliphatic imine (C=N–C) groups is 1. The molecule has 0 saturated heterocycles. The number of rotatable bonds is 9. The molecule has 0 aliphatic heterocycles. The quantitative estimate of drug-likeness (QED) is 0.205. The lowest BCUT2D eigenvalue weighted by atomic mass is 10.2. The van der Waals surface area contributed by atoms with Crippen LogP contribution in [0.4, 0.5) is 0 Å². The van der Waals surface area contributed by atoms with Crippen molar-refractivity contribution < 1.29 is 9.53 Å². The molecule has 0 aromatic heterocycles. The summed E-state index contributed by atoms with van der Waals surface area (Å²) in [6, 6.07) is 7.31. The lowest BCUT2D eigenvalue weighted by Crippen LogP contribution is -2.41. The zero-order chi connectivity index (χ0) is 16.9. The average molecular weight is 513 g/mol. The van der Waals surface area contributed by atoms with Crippen LogP contribution in [0.1, 0.15) is 24.2 Å². The zero-order valence-corrected chi connectivity index (χ0v) is 18.0. The standard InChI is InChI=1S/C16H25BrN4O2.HI/c1-3-18-16(21-10-11-23-4-2)20-9-8-19-15(22)13-6-5-7-14(17)12-13;/h5-7,12H,3-4,8-11H2,1-2H3,(H,19,22)(H2,18,20,21);1H. The third kappa shape index (κ3) is 10.1. The minimum Gasteiger partial charge on any atom is -0.380 e. The number of carbonyl (C=O) groups excluding carboxylic acids is 1. The second-order valence-corrected chi connectivity index (χ2v) is 5.57. The van der Waals surface area contributed by atoms with Crippen molar-refractivity contribution in [2.45, 2.75) is 13.8 Å². The van der Waals surface area contributed by atoms with Crippen LogP contribution in [0.2, 0.25) is 0 Å². The van der Waals surface area contributed by atoms with Crippen molar-refractivity contribution in [3.05, 3.63) is 34.3 Å². The molecule has 1 aromatic carbocycles. The summed E-state index contributed by atoms with van der Waals surface area (Å²) in [6.07, 6.45) is 0. The van der Waals surface area contributed by atoms with Gasteiger partial charge in [0.05, 0.1) is 13.2 Å². The molecule has 3 N–H and O–H groups in total. The molecule has 0 aliphatic carbocycles. The van der Waals surface area contributed by atoms with E-state index in [1.54, 1.807) is 12.1 Å².